The van der Waals surface area contributed by atoms with Gasteiger partial charge in [-0.2, -0.15) is 12.6 Å². The van der Waals surface area contributed by atoms with Gasteiger partial charge in [0.25, 0.3) is 0 Å². The fraction of sp³-hybridized carbons (Fsp3) is 0.833. The van der Waals surface area contributed by atoms with Crippen molar-refractivity contribution >= 4 is 18.6 Å². The number of nitrogens with two attached hydrogens (primary N) is 1. The Morgan fingerprint density at radius 1 is 1.80 bits per heavy atom. The van der Waals surface area contributed by atoms with Crippen LogP contribution < -0.4 is 5.73 Å². The Hall–Kier alpha value is -0.220. The molecule has 0 spiro atoms. The molecular weight excluding hydrogens is 150 g/mol. The second-order valence-corrected chi connectivity index (χ2v) is 2.97. The van der Waals surface area contributed by atoms with Crippen molar-refractivity contribution in [2.75, 3.05) is 5.75 Å². The van der Waals surface area contributed by atoms with Crippen molar-refractivity contribution in [2.45, 2.75) is 19.4 Å². The lowest BCUT2D eigenvalue weighted by molar-refractivity contribution is -0.144. The Bertz CT molecular complexity index is 138. The number of rotatable bonds is 3. The third-order valence-electron chi connectivity index (χ3n) is 1.69. The molecule has 0 bridgehead atoms. The second kappa shape index (κ2) is 3.25. The van der Waals surface area contributed by atoms with Gasteiger partial charge in [-0.1, -0.05) is 13.8 Å². The van der Waals surface area contributed by atoms with Crippen LogP contribution in [0.1, 0.15) is 13.8 Å². The van der Waals surface area contributed by atoms with Gasteiger partial charge in [-0.25, -0.2) is 0 Å². The summed E-state index contributed by atoms with van der Waals surface area (Å²) in [6.45, 7) is 3.54. The zero-order valence-corrected chi connectivity index (χ0v) is 7.06. The van der Waals surface area contributed by atoms with Gasteiger partial charge in [0.2, 0.25) is 0 Å². The first-order chi connectivity index (χ1) is 4.45. The van der Waals surface area contributed by atoms with E-state index in [1.807, 2.05) is 0 Å². The molecule has 0 fully saturated rings. The van der Waals surface area contributed by atoms with Crippen LogP contribution in [0.15, 0.2) is 0 Å². The molecule has 0 unspecified atom stereocenters. The Kier molecular flexibility index (Phi) is 3.18. The van der Waals surface area contributed by atoms with Crippen LogP contribution in [0.5, 0.6) is 0 Å². The summed E-state index contributed by atoms with van der Waals surface area (Å²) in [4.78, 5) is 10.5. The number of hydrogen-bond donors (Lipinski definition) is 3. The van der Waals surface area contributed by atoms with Crippen molar-refractivity contribution in [3.05, 3.63) is 0 Å². The maximum Gasteiger partial charge on any atom is 0.324 e. The molecular formula is C6H13NO2S. The summed E-state index contributed by atoms with van der Waals surface area (Å²) < 4.78 is 0. The molecule has 0 amide bonds. The predicted molar refractivity (Wildman–Crippen MR) is 43.2 cm³/mol. The molecule has 0 aliphatic rings. The first-order valence-electron chi connectivity index (χ1n) is 3.08. The summed E-state index contributed by atoms with van der Waals surface area (Å²) in [5, 5.41) is 8.63. The lowest BCUT2D eigenvalue weighted by Crippen LogP contribution is -2.54. The molecule has 60 valence electrons. The van der Waals surface area contributed by atoms with E-state index < -0.39 is 11.5 Å². The van der Waals surface area contributed by atoms with Gasteiger partial charge in [0.15, 0.2) is 0 Å². The van der Waals surface area contributed by atoms with Crippen LogP contribution in [0, 0.1) is 5.92 Å². The first kappa shape index (κ1) is 9.78. The van der Waals surface area contributed by atoms with Crippen LogP contribution in [0.25, 0.3) is 0 Å². The van der Waals surface area contributed by atoms with Crippen LogP contribution in [0.3, 0.4) is 0 Å². The van der Waals surface area contributed by atoms with Crippen LogP contribution in [-0.2, 0) is 4.79 Å². The average Bonchev–Trinajstić information content (AvgIpc) is 1.85. The molecule has 0 saturated carbocycles. The number of aliphatic carboxylic acids is 1. The summed E-state index contributed by atoms with van der Waals surface area (Å²) in [5.41, 5.74) is 4.33. The first-order valence-corrected chi connectivity index (χ1v) is 3.71. The van der Waals surface area contributed by atoms with Gasteiger partial charge in [0, 0.05) is 5.75 Å². The fourth-order valence-electron chi connectivity index (χ4n) is 0.497. The zero-order chi connectivity index (χ0) is 8.36. The van der Waals surface area contributed by atoms with Crippen LogP contribution in [-0.4, -0.2) is 22.4 Å². The Morgan fingerprint density at radius 3 is 2.20 bits per heavy atom. The van der Waals surface area contributed by atoms with Crippen LogP contribution in [0.4, 0.5) is 0 Å². The molecule has 0 aromatic heterocycles. The SMILES string of the molecule is CC(C)[C@@](N)(CS)C(=O)O. The number of carboxylic acid groups (broad SMARTS) is 1. The highest BCUT2D eigenvalue weighted by molar-refractivity contribution is 7.80. The quantitative estimate of drug-likeness (QED) is 0.526. The number of hydrogen-bond acceptors (Lipinski definition) is 3. The number of carboxylic acids is 1. The van der Waals surface area contributed by atoms with Crippen LogP contribution in [0.2, 0.25) is 0 Å². The molecule has 0 rings (SSSR count). The summed E-state index contributed by atoms with van der Waals surface area (Å²) in [7, 11) is 0. The highest BCUT2D eigenvalue weighted by Gasteiger charge is 2.35. The number of thiol groups is 1. The minimum atomic E-state index is -1.18. The zero-order valence-electron chi connectivity index (χ0n) is 6.16. The maximum absolute atomic E-state index is 10.5. The standard InChI is InChI=1S/C6H13NO2S/c1-4(2)6(7,3-10)5(8)9/h4,10H,3,7H2,1-2H3,(H,8,9)/t6-/m0/s1. The highest BCUT2D eigenvalue weighted by atomic mass is 32.1. The number of carbonyl (C=O) groups is 1. The van der Waals surface area contributed by atoms with Crippen molar-refractivity contribution in [2.24, 2.45) is 11.7 Å². The smallest absolute Gasteiger partial charge is 0.324 e. The predicted octanol–water partition coefficient (Wildman–Crippen LogP) is 0.354. The van der Waals surface area contributed by atoms with E-state index in [0.717, 1.165) is 0 Å². The normalized spacial score (nSPS) is 16.9. The average molecular weight is 163 g/mol. The fourth-order valence-corrected chi connectivity index (χ4v) is 0.998. The summed E-state index contributed by atoms with van der Waals surface area (Å²) in [6, 6.07) is 0. The third-order valence-corrected chi connectivity index (χ3v) is 2.21. The van der Waals surface area contributed by atoms with E-state index in [1.54, 1.807) is 13.8 Å². The van der Waals surface area contributed by atoms with Crippen molar-refractivity contribution in [1.82, 2.24) is 0 Å². The highest BCUT2D eigenvalue weighted by Crippen LogP contribution is 2.15. The largest absolute Gasteiger partial charge is 0.480 e. The van der Waals surface area contributed by atoms with Gasteiger partial charge < -0.3 is 10.8 Å². The molecule has 0 aromatic rings. The van der Waals surface area contributed by atoms with E-state index in [2.05, 4.69) is 12.6 Å². The molecule has 0 saturated heterocycles. The molecule has 0 aliphatic heterocycles. The molecule has 4 heteroatoms. The van der Waals surface area contributed by atoms with Gasteiger partial charge in [-0.3, -0.25) is 4.79 Å². The molecule has 0 aromatic carbocycles. The third kappa shape index (κ3) is 1.64. The summed E-state index contributed by atoms with van der Waals surface area (Å²) >= 11 is 3.87. The van der Waals surface area contributed by atoms with E-state index in [4.69, 9.17) is 10.8 Å². The Labute approximate surface area is 66.0 Å². The van der Waals surface area contributed by atoms with Gasteiger partial charge in [-0.15, -0.1) is 0 Å². The minimum Gasteiger partial charge on any atom is -0.480 e. The monoisotopic (exact) mass is 163 g/mol. The van der Waals surface area contributed by atoms with E-state index in [0.29, 0.717) is 0 Å². The maximum atomic E-state index is 10.5. The molecule has 1 atom stereocenters. The van der Waals surface area contributed by atoms with Gasteiger partial charge in [0.05, 0.1) is 0 Å². The van der Waals surface area contributed by atoms with Crippen molar-refractivity contribution in [1.29, 1.82) is 0 Å². The Balaban J connectivity index is 4.38. The Morgan fingerprint density at radius 2 is 2.20 bits per heavy atom. The van der Waals surface area contributed by atoms with Crippen molar-refractivity contribution in [3.63, 3.8) is 0 Å². The lowest BCUT2D eigenvalue weighted by atomic mass is 9.90. The summed E-state index contributed by atoms with van der Waals surface area (Å²) in [5.74, 6) is -0.917. The second-order valence-electron chi connectivity index (χ2n) is 2.66. The molecule has 0 radical (unpaired) electrons. The summed E-state index contributed by atoms with van der Waals surface area (Å²) in [6.07, 6.45) is 0. The van der Waals surface area contributed by atoms with E-state index >= 15 is 0 Å². The van der Waals surface area contributed by atoms with E-state index in [9.17, 15) is 4.79 Å². The van der Waals surface area contributed by atoms with E-state index in [1.165, 1.54) is 0 Å². The van der Waals surface area contributed by atoms with Crippen molar-refractivity contribution < 1.29 is 9.90 Å². The van der Waals surface area contributed by atoms with Gasteiger partial charge >= 0.3 is 5.97 Å². The van der Waals surface area contributed by atoms with E-state index in [-0.39, 0.29) is 11.7 Å². The minimum absolute atomic E-state index is 0.0949. The van der Waals surface area contributed by atoms with Crippen molar-refractivity contribution in [3.8, 4) is 0 Å². The van der Waals surface area contributed by atoms with Gasteiger partial charge in [0.1, 0.15) is 5.54 Å². The topological polar surface area (TPSA) is 63.3 Å². The molecule has 0 heterocycles. The molecule has 0 aliphatic carbocycles. The molecule has 3 N–H and O–H groups in total. The van der Waals surface area contributed by atoms with Gasteiger partial charge in [-0.05, 0) is 5.92 Å². The van der Waals surface area contributed by atoms with Crippen LogP contribution >= 0.6 is 12.6 Å². The molecule has 3 nitrogen and oxygen atoms in total. The lowest BCUT2D eigenvalue weighted by Gasteiger charge is -2.26. The molecule has 10 heavy (non-hydrogen) atoms.